The summed E-state index contributed by atoms with van der Waals surface area (Å²) in [6.45, 7) is 7.22. The van der Waals surface area contributed by atoms with Gasteiger partial charge < -0.3 is 10.5 Å². The highest BCUT2D eigenvalue weighted by molar-refractivity contribution is 7.10. The molecule has 0 radical (unpaired) electrons. The Bertz CT molecular complexity index is 353. The zero-order valence-electron chi connectivity index (χ0n) is 12.1. The summed E-state index contributed by atoms with van der Waals surface area (Å²) >= 11 is 1.80. The van der Waals surface area contributed by atoms with E-state index in [0.717, 1.165) is 13.0 Å². The predicted molar refractivity (Wildman–Crippen MR) is 79.2 cm³/mol. The van der Waals surface area contributed by atoms with Crippen LogP contribution >= 0.6 is 11.3 Å². The minimum absolute atomic E-state index is 0.159. The fourth-order valence-corrected chi connectivity index (χ4v) is 3.38. The fraction of sp³-hybridized carbons (Fsp3) is 0.714. The number of hydrogen-bond donors (Lipinski definition) is 1. The Kier molecular flexibility index (Phi) is 6.29. The number of aryl methyl sites for hydroxylation is 1. The minimum atomic E-state index is 0.159. The van der Waals surface area contributed by atoms with Crippen molar-refractivity contribution < 1.29 is 4.74 Å². The maximum absolute atomic E-state index is 6.34. The van der Waals surface area contributed by atoms with Crippen molar-refractivity contribution in [3.8, 4) is 0 Å². The summed E-state index contributed by atoms with van der Waals surface area (Å²) in [6.07, 6.45) is 0.978. The largest absolute Gasteiger partial charge is 0.383 e. The lowest BCUT2D eigenvalue weighted by molar-refractivity contribution is 0.0804. The first-order valence-corrected chi connectivity index (χ1v) is 7.41. The molecule has 3 unspecified atom stereocenters. The Morgan fingerprint density at radius 3 is 2.61 bits per heavy atom. The summed E-state index contributed by atoms with van der Waals surface area (Å²) in [4.78, 5) is 3.73. The molecule has 0 fully saturated rings. The number of rotatable bonds is 7. The summed E-state index contributed by atoms with van der Waals surface area (Å²) in [5.74, 6) is 0. The standard InChI is InChI=1S/C14H26N2OS/c1-6-12(15)13(14-10(2)7-8-18-14)16(4)11(3)9-17-5/h7-8,11-13H,6,9,15H2,1-5H3. The number of nitrogens with two attached hydrogens (primary N) is 1. The van der Waals surface area contributed by atoms with E-state index in [-0.39, 0.29) is 12.1 Å². The van der Waals surface area contributed by atoms with E-state index in [1.807, 2.05) is 0 Å². The van der Waals surface area contributed by atoms with Crippen LogP contribution in [0.15, 0.2) is 11.4 Å². The zero-order valence-corrected chi connectivity index (χ0v) is 13.0. The lowest BCUT2D eigenvalue weighted by Gasteiger charge is -2.36. The Hall–Kier alpha value is -0.420. The molecule has 3 nitrogen and oxygen atoms in total. The normalized spacial score (nSPS) is 16.8. The molecule has 18 heavy (non-hydrogen) atoms. The Morgan fingerprint density at radius 2 is 2.17 bits per heavy atom. The van der Waals surface area contributed by atoms with Gasteiger partial charge in [-0.3, -0.25) is 4.90 Å². The smallest absolute Gasteiger partial charge is 0.0615 e. The molecule has 4 heteroatoms. The molecular weight excluding hydrogens is 244 g/mol. The van der Waals surface area contributed by atoms with E-state index in [4.69, 9.17) is 10.5 Å². The first kappa shape index (κ1) is 15.6. The lowest BCUT2D eigenvalue weighted by atomic mass is 10.00. The molecule has 3 atom stereocenters. The van der Waals surface area contributed by atoms with Crippen molar-refractivity contribution in [2.24, 2.45) is 5.73 Å². The molecule has 0 aliphatic rings. The molecule has 1 rings (SSSR count). The van der Waals surface area contributed by atoms with Crippen LogP contribution in [0, 0.1) is 6.92 Å². The molecule has 0 bridgehead atoms. The van der Waals surface area contributed by atoms with E-state index < -0.39 is 0 Å². The van der Waals surface area contributed by atoms with Gasteiger partial charge in [-0.05, 0) is 44.3 Å². The highest BCUT2D eigenvalue weighted by Gasteiger charge is 2.28. The van der Waals surface area contributed by atoms with Gasteiger partial charge in [0.05, 0.1) is 12.6 Å². The highest BCUT2D eigenvalue weighted by atomic mass is 32.1. The molecule has 1 aromatic rings. The maximum atomic E-state index is 6.34. The van der Waals surface area contributed by atoms with Gasteiger partial charge in [-0.2, -0.15) is 0 Å². The first-order valence-electron chi connectivity index (χ1n) is 6.53. The average Bonchev–Trinajstić information content (AvgIpc) is 2.76. The lowest BCUT2D eigenvalue weighted by Crippen LogP contribution is -2.44. The van der Waals surface area contributed by atoms with Gasteiger partial charge in [0.25, 0.3) is 0 Å². The third kappa shape index (κ3) is 3.54. The Morgan fingerprint density at radius 1 is 1.50 bits per heavy atom. The van der Waals surface area contributed by atoms with Gasteiger partial charge in [0.2, 0.25) is 0 Å². The maximum Gasteiger partial charge on any atom is 0.0615 e. The molecule has 2 N–H and O–H groups in total. The van der Waals surface area contributed by atoms with Crippen LogP contribution in [0.25, 0.3) is 0 Å². The number of likely N-dealkylation sites (N-methyl/N-ethyl adjacent to an activating group) is 1. The van der Waals surface area contributed by atoms with Gasteiger partial charge >= 0.3 is 0 Å². The summed E-state index contributed by atoms with van der Waals surface area (Å²) in [6, 6.07) is 2.97. The molecule has 0 aliphatic heterocycles. The summed E-state index contributed by atoms with van der Waals surface area (Å²) in [5.41, 5.74) is 7.67. The van der Waals surface area contributed by atoms with Crippen LogP contribution in [0.4, 0.5) is 0 Å². The fourth-order valence-electron chi connectivity index (χ4n) is 2.23. The zero-order chi connectivity index (χ0) is 13.7. The highest BCUT2D eigenvalue weighted by Crippen LogP contribution is 2.32. The number of methoxy groups -OCH3 is 1. The van der Waals surface area contributed by atoms with E-state index >= 15 is 0 Å². The van der Waals surface area contributed by atoms with Crippen molar-refractivity contribution in [3.05, 3.63) is 21.9 Å². The van der Waals surface area contributed by atoms with Gasteiger partial charge in [-0.15, -0.1) is 11.3 Å². The molecule has 0 spiro atoms. The van der Waals surface area contributed by atoms with Gasteiger partial charge in [0.15, 0.2) is 0 Å². The Labute approximate surface area is 115 Å². The molecule has 1 heterocycles. The van der Waals surface area contributed by atoms with Crippen molar-refractivity contribution in [1.29, 1.82) is 0 Å². The SMILES string of the molecule is CCC(N)C(c1sccc1C)N(C)C(C)COC. The van der Waals surface area contributed by atoms with E-state index in [1.165, 1.54) is 10.4 Å². The summed E-state index contributed by atoms with van der Waals surface area (Å²) < 4.78 is 5.26. The quantitative estimate of drug-likeness (QED) is 0.828. The second kappa shape index (κ2) is 7.24. The van der Waals surface area contributed by atoms with Crippen molar-refractivity contribution >= 4 is 11.3 Å². The number of hydrogen-bond acceptors (Lipinski definition) is 4. The van der Waals surface area contributed by atoms with Crippen LogP contribution in [-0.2, 0) is 4.74 Å². The molecule has 104 valence electrons. The van der Waals surface area contributed by atoms with Crippen LogP contribution in [0.2, 0.25) is 0 Å². The summed E-state index contributed by atoms with van der Waals surface area (Å²) in [7, 11) is 3.89. The second-order valence-corrected chi connectivity index (χ2v) is 5.90. The topological polar surface area (TPSA) is 38.5 Å². The molecule has 0 aromatic carbocycles. The van der Waals surface area contributed by atoms with Crippen molar-refractivity contribution in [2.75, 3.05) is 20.8 Å². The third-order valence-electron chi connectivity index (χ3n) is 3.59. The number of nitrogens with zero attached hydrogens (tertiary/aromatic N) is 1. The van der Waals surface area contributed by atoms with Crippen LogP contribution in [-0.4, -0.2) is 37.7 Å². The molecule has 0 saturated carbocycles. The summed E-state index contributed by atoms with van der Waals surface area (Å²) in [5, 5.41) is 2.15. The molecule has 0 aliphatic carbocycles. The monoisotopic (exact) mass is 270 g/mol. The molecule has 1 aromatic heterocycles. The molecule has 0 amide bonds. The molecular formula is C14H26N2OS. The van der Waals surface area contributed by atoms with E-state index in [1.54, 1.807) is 18.4 Å². The average molecular weight is 270 g/mol. The van der Waals surface area contributed by atoms with Crippen LogP contribution < -0.4 is 5.73 Å². The molecule has 0 saturated heterocycles. The van der Waals surface area contributed by atoms with E-state index in [0.29, 0.717) is 6.04 Å². The van der Waals surface area contributed by atoms with Crippen LogP contribution in [0.3, 0.4) is 0 Å². The number of thiophene rings is 1. The minimum Gasteiger partial charge on any atom is -0.383 e. The second-order valence-electron chi connectivity index (χ2n) is 4.95. The van der Waals surface area contributed by atoms with E-state index in [9.17, 15) is 0 Å². The van der Waals surface area contributed by atoms with E-state index in [2.05, 4.69) is 44.2 Å². The van der Waals surface area contributed by atoms with Gasteiger partial charge in [-0.1, -0.05) is 6.92 Å². The van der Waals surface area contributed by atoms with Crippen LogP contribution in [0.1, 0.15) is 36.8 Å². The van der Waals surface area contributed by atoms with Gasteiger partial charge in [0.1, 0.15) is 0 Å². The Balaban J connectivity index is 2.95. The van der Waals surface area contributed by atoms with Crippen molar-refractivity contribution in [1.82, 2.24) is 4.90 Å². The van der Waals surface area contributed by atoms with Gasteiger partial charge in [0, 0.05) is 24.1 Å². The van der Waals surface area contributed by atoms with Crippen molar-refractivity contribution in [3.63, 3.8) is 0 Å². The third-order valence-corrected chi connectivity index (χ3v) is 4.68. The van der Waals surface area contributed by atoms with Crippen LogP contribution in [0.5, 0.6) is 0 Å². The number of ether oxygens (including phenoxy) is 1. The predicted octanol–water partition coefficient (Wildman–Crippen LogP) is 2.80. The van der Waals surface area contributed by atoms with Crippen molar-refractivity contribution in [2.45, 2.75) is 45.3 Å². The van der Waals surface area contributed by atoms with Gasteiger partial charge in [-0.25, -0.2) is 0 Å². The first-order chi connectivity index (χ1) is 8.52.